The number of hydrogen-bond donors (Lipinski definition) is 3. The largest absolute Gasteiger partial charge is 0.504 e. The van der Waals surface area contributed by atoms with Gasteiger partial charge in [-0.2, -0.15) is 0 Å². The topological polar surface area (TPSA) is 144 Å². The minimum Gasteiger partial charge on any atom is -0.504 e. The van der Waals surface area contributed by atoms with Gasteiger partial charge in [-0.15, -0.1) is 0 Å². The SMILES string of the molecule is CCN(CCNS(C)(=O)=O)c1ccc(NC(=O)OCc2cc(OC)c(OC)c(O)c2C=O)c(C)c1. The fraction of sp³-hybridized carbons (Fsp3) is 0.391. The molecule has 0 bridgehead atoms. The molecule has 2 rings (SSSR count). The molecule has 35 heavy (non-hydrogen) atoms. The number of nitrogens with zero attached hydrogens (tertiary/aromatic N) is 1. The van der Waals surface area contributed by atoms with Crippen LogP contribution in [-0.2, 0) is 21.4 Å². The molecule has 3 N–H and O–H groups in total. The molecule has 0 aromatic heterocycles. The van der Waals surface area contributed by atoms with Crippen molar-refractivity contribution < 1.29 is 37.3 Å². The van der Waals surface area contributed by atoms with E-state index in [9.17, 15) is 23.1 Å². The Morgan fingerprint density at radius 1 is 1.20 bits per heavy atom. The molecule has 12 heteroatoms. The summed E-state index contributed by atoms with van der Waals surface area (Å²) >= 11 is 0. The molecule has 0 heterocycles. The zero-order valence-corrected chi connectivity index (χ0v) is 21.2. The monoisotopic (exact) mass is 509 g/mol. The number of amides is 1. The van der Waals surface area contributed by atoms with E-state index in [-0.39, 0.29) is 35.8 Å². The minimum absolute atomic E-state index is 0.00624. The van der Waals surface area contributed by atoms with Crippen LogP contribution in [-0.4, -0.2) is 66.0 Å². The van der Waals surface area contributed by atoms with Gasteiger partial charge in [0, 0.05) is 36.6 Å². The Hall–Kier alpha value is -3.51. The van der Waals surface area contributed by atoms with Crippen LogP contribution in [0, 0.1) is 6.92 Å². The van der Waals surface area contributed by atoms with Gasteiger partial charge in [0.05, 0.1) is 26.0 Å². The molecule has 2 aromatic rings. The van der Waals surface area contributed by atoms with Crippen LogP contribution in [0.15, 0.2) is 24.3 Å². The molecule has 11 nitrogen and oxygen atoms in total. The van der Waals surface area contributed by atoms with Crippen molar-refractivity contribution in [3.8, 4) is 17.2 Å². The van der Waals surface area contributed by atoms with E-state index in [1.54, 1.807) is 6.07 Å². The van der Waals surface area contributed by atoms with Crippen LogP contribution in [0.2, 0.25) is 0 Å². The van der Waals surface area contributed by atoms with Crippen molar-refractivity contribution in [3.05, 3.63) is 41.0 Å². The summed E-state index contributed by atoms with van der Waals surface area (Å²) in [6, 6.07) is 6.85. The number of rotatable bonds is 12. The first-order valence-electron chi connectivity index (χ1n) is 10.7. The lowest BCUT2D eigenvalue weighted by molar-refractivity contribution is 0.111. The molecule has 2 aromatic carbocycles. The molecular weight excluding hydrogens is 478 g/mol. The number of nitrogens with one attached hydrogen (secondary N) is 2. The number of phenols is 1. The standard InChI is InChI=1S/C23H31N3O8S/c1-6-26(10-9-24-35(5,30)31)17-7-8-19(15(2)11-17)25-23(29)34-14-16-12-20(32-3)22(33-4)21(28)18(16)13-27/h7-8,11-13,24,28H,6,9-10,14H2,1-5H3,(H,25,29). The molecular formula is C23H31N3O8S. The average molecular weight is 510 g/mol. The quantitative estimate of drug-likeness (QED) is 0.368. The van der Waals surface area contributed by atoms with Crippen LogP contribution in [0.4, 0.5) is 16.2 Å². The Balaban J connectivity index is 2.07. The number of likely N-dealkylation sites (N-methyl/N-ethyl adjacent to an activating group) is 1. The number of carbonyl (C=O) groups is 2. The van der Waals surface area contributed by atoms with Crippen molar-refractivity contribution in [3.63, 3.8) is 0 Å². The van der Waals surface area contributed by atoms with Gasteiger partial charge in [-0.3, -0.25) is 10.1 Å². The highest BCUT2D eigenvalue weighted by atomic mass is 32.2. The Kier molecular flexibility index (Phi) is 9.72. The summed E-state index contributed by atoms with van der Waals surface area (Å²) in [6.45, 7) is 4.90. The van der Waals surface area contributed by atoms with Crippen molar-refractivity contribution in [2.45, 2.75) is 20.5 Å². The molecule has 0 atom stereocenters. The zero-order chi connectivity index (χ0) is 26.2. The number of sulfonamides is 1. The molecule has 0 unspecified atom stereocenters. The smallest absolute Gasteiger partial charge is 0.411 e. The van der Waals surface area contributed by atoms with Crippen molar-refractivity contribution in [1.29, 1.82) is 0 Å². The lowest BCUT2D eigenvalue weighted by atomic mass is 10.1. The second-order valence-electron chi connectivity index (χ2n) is 7.60. The van der Waals surface area contributed by atoms with E-state index >= 15 is 0 Å². The van der Waals surface area contributed by atoms with Crippen molar-refractivity contribution in [2.75, 3.05) is 50.3 Å². The molecule has 1 amide bonds. The molecule has 0 aliphatic rings. The van der Waals surface area contributed by atoms with Crippen LogP contribution >= 0.6 is 0 Å². The highest BCUT2D eigenvalue weighted by molar-refractivity contribution is 7.88. The first-order valence-corrected chi connectivity index (χ1v) is 12.6. The third-order valence-corrected chi connectivity index (χ3v) is 5.91. The second kappa shape index (κ2) is 12.3. The zero-order valence-electron chi connectivity index (χ0n) is 20.4. The van der Waals surface area contributed by atoms with Crippen molar-refractivity contribution in [2.24, 2.45) is 0 Å². The normalized spacial score (nSPS) is 11.0. The maximum absolute atomic E-state index is 12.4. The van der Waals surface area contributed by atoms with Crippen molar-refractivity contribution in [1.82, 2.24) is 4.72 Å². The molecule has 0 saturated heterocycles. The van der Waals surface area contributed by atoms with Gasteiger partial charge in [0.1, 0.15) is 6.61 Å². The van der Waals surface area contributed by atoms with Gasteiger partial charge in [0.25, 0.3) is 0 Å². The molecule has 0 fully saturated rings. The Labute approximate surface area is 205 Å². The number of aldehydes is 1. The fourth-order valence-corrected chi connectivity index (χ4v) is 3.86. The number of aromatic hydroxyl groups is 1. The number of methoxy groups -OCH3 is 2. The highest BCUT2D eigenvalue weighted by Gasteiger charge is 2.20. The summed E-state index contributed by atoms with van der Waals surface area (Å²) in [5.41, 5.74) is 2.34. The minimum atomic E-state index is -3.26. The van der Waals surface area contributed by atoms with Gasteiger partial charge >= 0.3 is 6.09 Å². The molecule has 0 aliphatic heterocycles. The van der Waals surface area contributed by atoms with Gasteiger partial charge in [-0.25, -0.2) is 17.9 Å². The summed E-state index contributed by atoms with van der Waals surface area (Å²) in [4.78, 5) is 25.9. The first kappa shape index (κ1) is 27.7. The lowest BCUT2D eigenvalue weighted by Crippen LogP contribution is -2.34. The molecule has 0 aliphatic carbocycles. The van der Waals surface area contributed by atoms with Gasteiger partial charge in [-0.1, -0.05) is 0 Å². The fourth-order valence-electron chi connectivity index (χ4n) is 3.40. The molecule has 0 saturated carbocycles. The predicted molar refractivity (Wildman–Crippen MR) is 132 cm³/mol. The Morgan fingerprint density at radius 2 is 1.91 bits per heavy atom. The predicted octanol–water partition coefficient (Wildman–Crippen LogP) is 2.65. The maximum Gasteiger partial charge on any atom is 0.411 e. The number of hydrogen-bond acceptors (Lipinski definition) is 9. The Morgan fingerprint density at radius 3 is 2.46 bits per heavy atom. The van der Waals surface area contributed by atoms with E-state index in [4.69, 9.17) is 14.2 Å². The number of benzene rings is 2. The highest BCUT2D eigenvalue weighted by Crippen LogP contribution is 2.40. The van der Waals surface area contributed by atoms with E-state index < -0.39 is 21.9 Å². The third kappa shape index (κ3) is 7.49. The number of anilines is 2. The van der Waals surface area contributed by atoms with Gasteiger partial charge < -0.3 is 24.2 Å². The summed E-state index contributed by atoms with van der Waals surface area (Å²) in [5.74, 6) is -0.209. The first-order chi connectivity index (χ1) is 16.5. The van der Waals surface area contributed by atoms with E-state index in [1.165, 1.54) is 20.3 Å². The van der Waals surface area contributed by atoms with Crippen LogP contribution in [0.25, 0.3) is 0 Å². The summed E-state index contributed by atoms with van der Waals surface area (Å²) in [7, 11) is -0.556. The van der Waals surface area contributed by atoms with Gasteiger partial charge in [-0.05, 0) is 43.7 Å². The Bertz CT molecular complexity index is 1170. The molecule has 0 spiro atoms. The number of aryl methyl sites for hydroxylation is 1. The van der Waals surface area contributed by atoms with Crippen LogP contribution in [0.5, 0.6) is 17.2 Å². The third-order valence-electron chi connectivity index (χ3n) is 5.19. The molecule has 0 radical (unpaired) electrons. The van der Waals surface area contributed by atoms with Gasteiger partial charge in [0.15, 0.2) is 17.8 Å². The lowest BCUT2D eigenvalue weighted by Gasteiger charge is -2.24. The second-order valence-corrected chi connectivity index (χ2v) is 9.43. The summed E-state index contributed by atoms with van der Waals surface area (Å²) < 4.78 is 40.5. The van der Waals surface area contributed by atoms with Crippen molar-refractivity contribution >= 4 is 33.8 Å². The number of phenolic OH excluding ortho intramolecular Hbond substituents is 1. The van der Waals surface area contributed by atoms with Crippen LogP contribution in [0.3, 0.4) is 0 Å². The van der Waals surface area contributed by atoms with Gasteiger partial charge in [0.2, 0.25) is 15.8 Å². The van der Waals surface area contributed by atoms with Crippen LogP contribution in [0.1, 0.15) is 28.4 Å². The average Bonchev–Trinajstić information content (AvgIpc) is 2.80. The van der Waals surface area contributed by atoms with E-state index in [1.807, 2.05) is 30.9 Å². The van der Waals surface area contributed by atoms with E-state index in [0.717, 1.165) is 17.5 Å². The maximum atomic E-state index is 12.4. The number of ether oxygens (including phenoxy) is 3. The summed E-state index contributed by atoms with van der Waals surface area (Å²) in [6.07, 6.45) is 0.805. The summed E-state index contributed by atoms with van der Waals surface area (Å²) in [5, 5.41) is 12.9. The van der Waals surface area contributed by atoms with E-state index in [2.05, 4.69) is 10.0 Å². The van der Waals surface area contributed by atoms with E-state index in [0.29, 0.717) is 25.1 Å². The number of carbonyl (C=O) groups excluding carboxylic acids is 2. The molecule has 192 valence electrons. The van der Waals surface area contributed by atoms with Crippen LogP contribution < -0.4 is 24.4 Å².